The Morgan fingerprint density at radius 3 is 2.59 bits per heavy atom. The van der Waals surface area contributed by atoms with Crippen LogP contribution in [-0.4, -0.2) is 37.1 Å². The summed E-state index contributed by atoms with van der Waals surface area (Å²) in [5, 5.41) is 0. The third kappa shape index (κ3) is 5.08. The summed E-state index contributed by atoms with van der Waals surface area (Å²) in [5.74, 6) is 1.87. The van der Waals surface area contributed by atoms with Gasteiger partial charge in [-0.05, 0) is 73.5 Å². The predicted molar refractivity (Wildman–Crippen MR) is 149 cm³/mol. The summed E-state index contributed by atoms with van der Waals surface area (Å²) >= 11 is 4.80. The van der Waals surface area contributed by atoms with Crippen LogP contribution in [-0.2, 0) is 9.53 Å². The summed E-state index contributed by atoms with van der Waals surface area (Å²) in [4.78, 5) is 32.2. The van der Waals surface area contributed by atoms with Crippen LogP contribution in [0.5, 0.6) is 23.0 Å². The molecule has 0 unspecified atom stereocenters. The maximum absolute atomic E-state index is 14.0. The van der Waals surface area contributed by atoms with E-state index in [1.807, 2.05) is 26.0 Å². The van der Waals surface area contributed by atoms with E-state index in [1.54, 1.807) is 38.1 Å². The van der Waals surface area contributed by atoms with Gasteiger partial charge < -0.3 is 23.7 Å². The van der Waals surface area contributed by atoms with Crippen molar-refractivity contribution in [2.75, 3.05) is 26.6 Å². The van der Waals surface area contributed by atoms with Gasteiger partial charge in [-0.1, -0.05) is 17.4 Å². The van der Waals surface area contributed by atoms with Crippen LogP contribution in [0, 0.1) is 0 Å². The quantitative estimate of drug-likeness (QED) is 0.353. The van der Waals surface area contributed by atoms with E-state index in [4.69, 9.17) is 23.7 Å². The molecule has 0 spiro atoms. The first kappa shape index (κ1) is 27.0. The van der Waals surface area contributed by atoms with Crippen molar-refractivity contribution in [3.63, 3.8) is 0 Å². The molecule has 204 valence electrons. The van der Waals surface area contributed by atoms with Gasteiger partial charge in [0.2, 0.25) is 6.79 Å². The lowest BCUT2D eigenvalue weighted by Crippen LogP contribution is -2.39. The molecule has 2 aliphatic heterocycles. The Kier molecular flexibility index (Phi) is 7.81. The molecule has 0 saturated heterocycles. The number of nitrogens with zero attached hydrogens (tertiary/aromatic N) is 2. The van der Waals surface area contributed by atoms with Crippen molar-refractivity contribution >= 4 is 39.3 Å². The van der Waals surface area contributed by atoms with E-state index in [9.17, 15) is 9.59 Å². The SMILES string of the molecule is CCOC(=O)C1=C(C)N=c2s/c(=C\c3cc(Br)c(OCC)cc3OCC)c(=O)n2[C@@H]1c1ccc2c(c1)OCO2. The number of hydrogen-bond acceptors (Lipinski definition) is 9. The van der Waals surface area contributed by atoms with Crippen LogP contribution < -0.4 is 33.8 Å². The lowest BCUT2D eigenvalue weighted by molar-refractivity contribution is -0.139. The van der Waals surface area contributed by atoms with E-state index in [0.29, 0.717) is 67.9 Å². The fourth-order valence-corrected chi connectivity index (χ4v) is 6.05. The fraction of sp³-hybridized carbons (Fsp3) is 0.321. The fourth-order valence-electron chi connectivity index (χ4n) is 4.54. The Labute approximate surface area is 237 Å². The van der Waals surface area contributed by atoms with Crippen molar-refractivity contribution in [2.45, 2.75) is 33.7 Å². The van der Waals surface area contributed by atoms with Crippen molar-refractivity contribution < 1.29 is 28.5 Å². The molecule has 0 bridgehead atoms. The minimum Gasteiger partial charge on any atom is -0.493 e. The minimum atomic E-state index is -0.754. The second kappa shape index (κ2) is 11.3. The normalized spacial score (nSPS) is 16.1. The number of rotatable bonds is 8. The molecule has 2 aliphatic rings. The van der Waals surface area contributed by atoms with Gasteiger partial charge in [0.25, 0.3) is 5.56 Å². The van der Waals surface area contributed by atoms with Gasteiger partial charge in [-0.3, -0.25) is 9.36 Å². The number of ether oxygens (including phenoxy) is 5. The van der Waals surface area contributed by atoms with Gasteiger partial charge in [0, 0.05) is 11.6 Å². The Hall–Kier alpha value is -3.57. The molecule has 1 atom stereocenters. The zero-order chi connectivity index (χ0) is 27.7. The van der Waals surface area contributed by atoms with E-state index in [2.05, 4.69) is 20.9 Å². The van der Waals surface area contributed by atoms with Crippen LogP contribution in [0.25, 0.3) is 6.08 Å². The standard InChI is InChI=1S/C28H27BrN2O7S/c1-5-34-20-13-21(35-6-2)18(29)10-17(20)12-23-26(32)31-25(16-8-9-19-22(11-16)38-14-37-19)24(27(33)36-7-3)15(4)30-28(31)39-23/h8-13,25H,5-7,14H2,1-4H3/b23-12-/t25-/m1/s1. The Morgan fingerprint density at radius 1 is 1.10 bits per heavy atom. The average molecular weight is 616 g/mol. The zero-order valence-electron chi connectivity index (χ0n) is 21.9. The molecule has 0 N–H and O–H groups in total. The van der Waals surface area contributed by atoms with Gasteiger partial charge in [0.05, 0.1) is 46.1 Å². The smallest absolute Gasteiger partial charge is 0.338 e. The first-order valence-electron chi connectivity index (χ1n) is 12.5. The molecule has 2 aromatic carbocycles. The highest BCUT2D eigenvalue weighted by Gasteiger charge is 2.34. The van der Waals surface area contributed by atoms with Gasteiger partial charge in [-0.15, -0.1) is 0 Å². The number of halogens is 1. The van der Waals surface area contributed by atoms with Crippen LogP contribution in [0.1, 0.15) is 44.9 Å². The number of thiazole rings is 1. The van der Waals surface area contributed by atoms with Crippen LogP contribution in [0.2, 0.25) is 0 Å². The molecule has 0 aliphatic carbocycles. The van der Waals surface area contributed by atoms with E-state index in [-0.39, 0.29) is 19.0 Å². The molecule has 3 heterocycles. The number of benzene rings is 2. The second-order valence-electron chi connectivity index (χ2n) is 8.60. The molecular formula is C28H27BrN2O7S. The maximum atomic E-state index is 14.0. The average Bonchev–Trinajstić information content (AvgIpc) is 3.49. The molecule has 0 fully saturated rings. The number of allylic oxidation sites excluding steroid dienone is 1. The molecule has 3 aromatic rings. The highest BCUT2D eigenvalue weighted by molar-refractivity contribution is 9.10. The van der Waals surface area contributed by atoms with Crippen molar-refractivity contribution in [3.8, 4) is 23.0 Å². The number of carbonyl (C=O) groups is 1. The predicted octanol–water partition coefficient (Wildman–Crippen LogP) is 4.09. The Bertz CT molecular complexity index is 1660. The Morgan fingerprint density at radius 2 is 1.85 bits per heavy atom. The summed E-state index contributed by atoms with van der Waals surface area (Å²) < 4.78 is 30.7. The van der Waals surface area contributed by atoms with E-state index >= 15 is 0 Å². The van der Waals surface area contributed by atoms with E-state index in [0.717, 1.165) is 4.47 Å². The highest BCUT2D eigenvalue weighted by Crippen LogP contribution is 2.38. The number of hydrogen-bond donors (Lipinski definition) is 0. The number of carbonyl (C=O) groups excluding carboxylic acids is 1. The third-order valence-electron chi connectivity index (χ3n) is 6.18. The third-order valence-corrected chi connectivity index (χ3v) is 7.78. The molecule has 5 rings (SSSR count). The van der Waals surface area contributed by atoms with Crippen molar-refractivity contribution in [2.24, 2.45) is 4.99 Å². The molecular weight excluding hydrogens is 588 g/mol. The van der Waals surface area contributed by atoms with Crippen molar-refractivity contribution in [1.29, 1.82) is 0 Å². The van der Waals surface area contributed by atoms with Crippen molar-refractivity contribution in [3.05, 3.63) is 76.9 Å². The second-order valence-corrected chi connectivity index (χ2v) is 10.5. The lowest BCUT2D eigenvalue weighted by Gasteiger charge is -2.24. The van der Waals surface area contributed by atoms with Gasteiger partial charge in [0.1, 0.15) is 11.5 Å². The lowest BCUT2D eigenvalue weighted by atomic mass is 9.95. The van der Waals surface area contributed by atoms with Crippen LogP contribution >= 0.6 is 27.3 Å². The summed E-state index contributed by atoms with van der Waals surface area (Å²) in [7, 11) is 0. The molecule has 39 heavy (non-hydrogen) atoms. The zero-order valence-corrected chi connectivity index (χ0v) is 24.3. The molecule has 0 saturated carbocycles. The summed E-state index contributed by atoms with van der Waals surface area (Å²) in [6, 6.07) is 8.30. The van der Waals surface area contributed by atoms with Crippen LogP contribution in [0.3, 0.4) is 0 Å². The molecule has 11 heteroatoms. The van der Waals surface area contributed by atoms with Crippen LogP contribution in [0.4, 0.5) is 0 Å². The summed E-state index contributed by atoms with van der Waals surface area (Å²) in [6.45, 7) is 8.55. The van der Waals surface area contributed by atoms with Gasteiger partial charge in [-0.25, -0.2) is 9.79 Å². The topological polar surface area (TPSA) is 97.6 Å². The van der Waals surface area contributed by atoms with Gasteiger partial charge >= 0.3 is 5.97 Å². The highest BCUT2D eigenvalue weighted by atomic mass is 79.9. The van der Waals surface area contributed by atoms with Crippen molar-refractivity contribution in [1.82, 2.24) is 4.57 Å². The van der Waals surface area contributed by atoms with E-state index < -0.39 is 12.0 Å². The summed E-state index contributed by atoms with van der Waals surface area (Å²) in [6.07, 6.45) is 1.77. The Balaban J connectivity index is 1.70. The number of esters is 1. The number of fused-ring (bicyclic) bond motifs is 2. The molecule has 0 radical (unpaired) electrons. The van der Waals surface area contributed by atoms with Crippen LogP contribution in [0.15, 0.2) is 55.9 Å². The monoisotopic (exact) mass is 614 g/mol. The van der Waals surface area contributed by atoms with E-state index in [1.165, 1.54) is 15.9 Å². The molecule has 0 amide bonds. The van der Waals surface area contributed by atoms with Gasteiger partial charge in [0.15, 0.2) is 16.3 Å². The maximum Gasteiger partial charge on any atom is 0.338 e. The largest absolute Gasteiger partial charge is 0.493 e. The van der Waals surface area contributed by atoms with Gasteiger partial charge in [-0.2, -0.15) is 0 Å². The summed E-state index contributed by atoms with van der Waals surface area (Å²) in [5.41, 5.74) is 1.89. The molecule has 9 nitrogen and oxygen atoms in total. The first-order chi connectivity index (χ1) is 18.9. The minimum absolute atomic E-state index is 0.112. The first-order valence-corrected chi connectivity index (χ1v) is 14.2. The molecule has 1 aromatic heterocycles. The number of aromatic nitrogens is 1.